The Kier molecular flexibility index (Phi) is 4.95. The van der Waals surface area contributed by atoms with Gasteiger partial charge in [0.2, 0.25) is 5.91 Å². The number of hydrogen-bond acceptors (Lipinski definition) is 3. The molecule has 1 fully saturated rings. The molecule has 0 unspecified atom stereocenters. The van der Waals surface area contributed by atoms with E-state index in [1.54, 1.807) is 11.8 Å². The van der Waals surface area contributed by atoms with Gasteiger partial charge in [0.15, 0.2) is 17.7 Å². The van der Waals surface area contributed by atoms with Crippen molar-refractivity contribution in [2.24, 2.45) is 11.7 Å². The molecule has 1 aliphatic rings. The highest BCUT2D eigenvalue weighted by molar-refractivity contribution is 5.82. The Hall–Kier alpha value is -2.18. The third kappa shape index (κ3) is 3.72. The normalized spacial score (nSPS) is 17.1. The van der Waals surface area contributed by atoms with Crippen LogP contribution in [0.3, 0.4) is 0 Å². The lowest BCUT2D eigenvalue weighted by Gasteiger charge is -2.32. The number of rotatable bonds is 4. The van der Waals surface area contributed by atoms with Gasteiger partial charge in [0.05, 0.1) is 0 Å². The van der Waals surface area contributed by atoms with E-state index in [1.807, 2.05) is 0 Å². The Bertz CT molecular complexity index is 572. The van der Waals surface area contributed by atoms with Gasteiger partial charge in [0.1, 0.15) is 5.75 Å². The number of halogens is 2. The standard InChI is InChI=1S/C15H18F2N2O3/c1-9(22-11-2-3-12(16)13(17)8-11)15(21)19-6-4-10(5-7-19)14(18)20/h2-3,8-10H,4-7H2,1H3,(H2,18,20)/t9-/m1/s1. The molecule has 0 saturated carbocycles. The first-order chi connectivity index (χ1) is 10.4. The zero-order chi connectivity index (χ0) is 16.3. The number of primary amides is 1. The minimum atomic E-state index is -1.03. The number of likely N-dealkylation sites (tertiary alicyclic amines) is 1. The first-order valence-electron chi connectivity index (χ1n) is 7.08. The maximum atomic E-state index is 13.1. The predicted octanol–water partition coefficient (Wildman–Crippen LogP) is 1.46. The van der Waals surface area contributed by atoms with Crippen LogP contribution in [0, 0.1) is 17.6 Å². The van der Waals surface area contributed by atoms with Crippen LogP contribution in [-0.4, -0.2) is 35.9 Å². The second kappa shape index (κ2) is 6.72. The monoisotopic (exact) mass is 312 g/mol. The van der Waals surface area contributed by atoms with Gasteiger partial charge in [-0.1, -0.05) is 0 Å². The Balaban J connectivity index is 1.92. The lowest BCUT2D eigenvalue weighted by atomic mass is 9.96. The molecule has 0 radical (unpaired) electrons. The summed E-state index contributed by atoms with van der Waals surface area (Å²) in [5, 5.41) is 0. The summed E-state index contributed by atoms with van der Waals surface area (Å²) in [5.41, 5.74) is 5.24. The topological polar surface area (TPSA) is 72.6 Å². The molecule has 0 spiro atoms. The van der Waals surface area contributed by atoms with Crippen LogP contribution in [0.4, 0.5) is 8.78 Å². The number of carbonyl (C=O) groups is 2. The maximum absolute atomic E-state index is 13.1. The summed E-state index contributed by atoms with van der Waals surface area (Å²) in [6.07, 6.45) is 0.229. The van der Waals surface area contributed by atoms with Crippen molar-refractivity contribution in [1.29, 1.82) is 0 Å². The van der Waals surface area contributed by atoms with Gasteiger partial charge in [-0.15, -0.1) is 0 Å². The van der Waals surface area contributed by atoms with Crippen LogP contribution in [0.2, 0.25) is 0 Å². The molecular weight excluding hydrogens is 294 g/mol. The Morgan fingerprint density at radius 1 is 1.27 bits per heavy atom. The fourth-order valence-corrected chi connectivity index (χ4v) is 2.45. The Morgan fingerprint density at radius 2 is 1.91 bits per heavy atom. The van der Waals surface area contributed by atoms with E-state index in [-0.39, 0.29) is 23.5 Å². The molecule has 1 aromatic rings. The van der Waals surface area contributed by atoms with E-state index in [9.17, 15) is 18.4 Å². The Morgan fingerprint density at radius 3 is 2.45 bits per heavy atom. The van der Waals surface area contributed by atoms with Crippen molar-refractivity contribution >= 4 is 11.8 Å². The number of ether oxygens (including phenoxy) is 1. The highest BCUT2D eigenvalue weighted by Crippen LogP contribution is 2.20. The molecule has 0 aromatic heterocycles. The summed E-state index contributed by atoms with van der Waals surface area (Å²) in [7, 11) is 0. The minimum absolute atomic E-state index is 0.0896. The Labute approximate surface area is 127 Å². The van der Waals surface area contributed by atoms with Crippen molar-refractivity contribution in [3.63, 3.8) is 0 Å². The van der Waals surface area contributed by atoms with E-state index in [4.69, 9.17) is 10.5 Å². The number of benzene rings is 1. The SMILES string of the molecule is C[C@@H](Oc1ccc(F)c(F)c1)C(=O)N1CCC(C(N)=O)CC1. The van der Waals surface area contributed by atoms with E-state index in [0.29, 0.717) is 25.9 Å². The highest BCUT2D eigenvalue weighted by Gasteiger charge is 2.29. The first kappa shape index (κ1) is 16.2. The third-order valence-electron chi connectivity index (χ3n) is 3.76. The van der Waals surface area contributed by atoms with Gasteiger partial charge >= 0.3 is 0 Å². The van der Waals surface area contributed by atoms with E-state index >= 15 is 0 Å². The van der Waals surface area contributed by atoms with E-state index < -0.39 is 17.7 Å². The molecule has 7 heteroatoms. The molecule has 1 atom stereocenters. The minimum Gasteiger partial charge on any atom is -0.481 e. The molecular formula is C15H18F2N2O3. The van der Waals surface area contributed by atoms with Crippen molar-refractivity contribution in [2.45, 2.75) is 25.9 Å². The number of carbonyl (C=O) groups excluding carboxylic acids is 2. The van der Waals surface area contributed by atoms with E-state index in [1.165, 1.54) is 6.07 Å². The molecule has 1 heterocycles. The number of piperidine rings is 1. The van der Waals surface area contributed by atoms with Crippen LogP contribution in [0.15, 0.2) is 18.2 Å². The molecule has 2 N–H and O–H groups in total. The van der Waals surface area contributed by atoms with Crippen LogP contribution in [0.1, 0.15) is 19.8 Å². The summed E-state index contributed by atoms with van der Waals surface area (Å²) >= 11 is 0. The summed E-state index contributed by atoms with van der Waals surface area (Å²) in [6, 6.07) is 3.11. The number of hydrogen-bond donors (Lipinski definition) is 1. The molecule has 1 aliphatic heterocycles. The third-order valence-corrected chi connectivity index (χ3v) is 3.76. The summed E-state index contributed by atoms with van der Waals surface area (Å²) in [5.74, 6) is -2.72. The van der Waals surface area contributed by atoms with Gasteiger partial charge in [0, 0.05) is 25.1 Å². The first-order valence-corrected chi connectivity index (χ1v) is 7.08. The number of nitrogens with zero attached hydrogens (tertiary/aromatic N) is 1. The fourth-order valence-electron chi connectivity index (χ4n) is 2.45. The quantitative estimate of drug-likeness (QED) is 0.915. The van der Waals surface area contributed by atoms with Crippen LogP contribution >= 0.6 is 0 Å². The van der Waals surface area contributed by atoms with Crippen LogP contribution < -0.4 is 10.5 Å². The average molecular weight is 312 g/mol. The maximum Gasteiger partial charge on any atom is 0.263 e. The molecule has 1 aromatic carbocycles. The highest BCUT2D eigenvalue weighted by atomic mass is 19.2. The largest absolute Gasteiger partial charge is 0.481 e. The van der Waals surface area contributed by atoms with Gasteiger partial charge < -0.3 is 15.4 Å². The van der Waals surface area contributed by atoms with Crippen LogP contribution in [0.5, 0.6) is 5.75 Å². The van der Waals surface area contributed by atoms with Crippen molar-refractivity contribution < 1.29 is 23.1 Å². The molecule has 0 aliphatic carbocycles. The number of amides is 2. The van der Waals surface area contributed by atoms with Crippen molar-refractivity contribution in [1.82, 2.24) is 4.90 Å². The van der Waals surface area contributed by atoms with Gasteiger partial charge in [-0.25, -0.2) is 8.78 Å². The zero-order valence-electron chi connectivity index (χ0n) is 12.2. The zero-order valence-corrected chi connectivity index (χ0v) is 12.2. The summed E-state index contributed by atoms with van der Waals surface area (Å²) in [4.78, 5) is 24.9. The molecule has 5 nitrogen and oxygen atoms in total. The van der Waals surface area contributed by atoms with Crippen molar-refractivity contribution in [2.75, 3.05) is 13.1 Å². The van der Waals surface area contributed by atoms with Crippen LogP contribution in [-0.2, 0) is 9.59 Å². The molecule has 1 saturated heterocycles. The lowest BCUT2D eigenvalue weighted by molar-refractivity contribution is -0.140. The fraction of sp³-hybridized carbons (Fsp3) is 0.467. The van der Waals surface area contributed by atoms with Gasteiger partial charge in [-0.3, -0.25) is 9.59 Å². The van der Waals surface area contributed by atoms with Gasteiger partial charge in [0.25, 0.3) is 5.91 Å². The smallest absolute Gasteiger partial charge is 0.263 e. The molecule has 2 rings (SSSR count). The lowest BCUT2D eigenvalue weighted by Crippen LogP contribution is -2.46. The number of nitrogens with two attached hydrogens (primary N) is 1. The molecule has 120 valence electrons. The van der Waals surface area contributed by atoms with Crippen molar-refractivity contribution in [3.05, 3.63) is 29.8 Å². The molecule has 22 heavy (non-hydrogen) atoms. The van der Waals surface area contributed by atoms with Crippen LogP contribution in [0.25, 0.3) is 0 Å². The molecule has 2 amide bonds. The van der Waals surface area contributed by atoms with Gasteiger partial charge in [-0.2, -0.15) is 0 Å². The van der Waals surface area contributed by atoms with Crippen molar-refractivity contribution in [3.8, 4) is 5.75 Å². The summed E-state index contributed by atoms with van der Waals surface area (Å²) < 4.78 is 31.3. The predicted molar refractivity (Wildman–Crippen MR) is 74.9 cm³/mol. The molecule has 0 bridgehead atoms. The van der Waals surface area contributed by atoms with E-state index in [0.717, 1.165) is 12.1 Å². The average Bonchev–Trinajstić information content (AvgIpc) is 2.50. The second-order valence-electron chi connectivity index (χ2n) is 5.34. The summed E-state index contributed by atoms with van der Waals surface area (Å²) in [6.45, 7) is 2.40. The van der Waals surface area contributed by atoms with E-state index in [2.05, 4.69) is 0 Å². The van der Waals surface area contributed by atoms with Gasteiger partial charge in [-0.05, 0) is 31.9 Å². The second-order valence-corrected chi connectivity index (χ2v) is 5.34.